The number of ketones is 1. The number of Topliss-reactive ketones (excluding diaryl/α,β-unsaturated/α-hetero) is 1. The van der Waals surface area contributed by atoms with Gasteiger partial charge in [-0.25, -0.2) is 0 Å². The molecular weight excluding hydrogens is 263 g/mol. The van der Waals surface area contributed by atoms with E-state index < -0.39 is 6.10 Å². The zero-order valence-corrected chi connectivity index (χ0v) is 11.2. The molecule has 1 aromatic carbocycles. The third-order valence-electron chi connectivity index (χ3n) is 2.22. The molecule has 0 N–H and O–H groups in total. The van der Waals surface area contributed by atoms with Crippen LogP contribution in [0.5, 0.6) is 0 Å². The van der Waals surface area contributed by atoms with Crippen LogP contribution in [0.15, 0.2) is 18.2 Å². The number of carbonyl (C=O) groups excluding carboxylic acids is 1. The number of benzene rings is 1. The Morgan fingerprint density at radius 2 is 2.06 bits per heavy atom. The van der Waals surface area contributed by atoms with E-state index in [1.165, 1.54) is 6.07 Å². The van der Waals surface area contributed by atoms with E-state index in [0.29, 0.717) is 28.8 Å². The van der Waals surface area contributed by atoms with Gasteiger partial charge in [0.25, 0.3) is 0 Å². The Hall–Kier alpha value is -0.610. The van der Waals surface area contributed by atoms with Crippen LogP contribution in [0.4, 0.5) is 0 Å². The van der Waals surface area contributed by atoms with Crippen molar-refractivity contribution in [3.05, 3.63) is 33.8 Å². The maximum Gasteiger partial charge on any atom is 0.192 e. The Kier molecular flexibility index (Phi) is 5.92. The summed E-state index contributed by atoms with van der Waals surface area (Å²) in [4.78, 5) is 12.0. The summed E-state index contributed by atoms with van der Waals surface area (Å²) in [6.07, 6.45) is -0.552. The van der Waals surface area contributed by atoms with Crippen LogP contribution >= 0.6 is 23.2 Å². The van der Waals surface area contributed by atoms with Crippen LogP contribution in [-0.4, -0.2) is 32.2 Å². The second-order valence-electron chi connectivity index (χ2n) is 3.49. The zero-order chi connectivity index (χ0) is 12.8. The van der Waals surface area contributed by atoms with Gasteiger partial charge in [-0.15, -0.1) is 0 Å². The van der Waals surface area contributed by atoms with Gasteiger partial charge in [0.2, 0.25) is 0 Å². The van der Waals surface area contributed by atoms with Crippen molar-refractivity contribution in [1.82, 2.24) is 0 Å². The molecule has 3 nitrogen and oxygen atoms in total. The summed E-state index contributed by atoms with van der Waals surface area (Å²) in [5.74, 6) is -0.164. The first-order valence-corrected chi connectivity index (χ1v) is 5.91. The van der Waals surface area contributed by atoms with Crippen LogP contribution in [-0.2, 0) is 9.47 Å². The van der Waals surface area contributed by atoms with E-state index >= 15 is 0 Å². The molecule has 0 aliphatic carbocycles. The van der Waals surface area contributed by atoms with E-state index in [1.54, 1.807) is 26.2 Å². The van der Waals surface area contributed by atoms with Gasteiger partial charge in [0.15, 0.2) is 5.78 Å². The highest BCUT2D eigenvalue weighted by Crippen LogP contribution is 2.22. The summed E-state index contributed by atoms with van der Waals surface area (Å²) in [6, 6.07) is 4.77. The van der Waals surface area contributed by atoms with Gasteiger partial charge >= 0.3 is 0 Å². The topological polar surface area (TPSA) is 35.5 Å². The molecule has 0 amide bonds. The Bertz CT molecular complexity index is 393. The van der Waals surface area contributed by atoms with Crippen LogP contribution in [0.25, 0.3) is 0 Å². The largest absolute Gasteiger partial charge is 0.382 e. The number of ether oxygens (including phenoxy) is 2. The van der Waals surface area contributed by atoms with Crippen molar-refractivity contribution in [3.63, 3.8) is 0 Å². The monoisotopic (exact) mass is 276 g/mol. The molecule has 0 aliphatic heterocycles. The molecule has 0 saturated heterocycles. The lowest BCUT2D eigenvalue weighted by atomic mass is 10.1. The van der Waals surface area contributed by atoms with Crippen LogP contribution in [0.2, 0.25) is 10.0 Å². The highest BCUT2D eigenvalue weighted by molar-refractivity contribution is 6.37. The summed E-state index contributed by atoms with van der Waals surface area (Å²) >= 11 is 11.7. The smallest absolute Gasteiger partial charge is 0.192 e. The first-order valence-electron chi connectivity index (χ1n) is 5.16. The molecular formula is C12H14Cl2O3. The van der Waals surface area contributed by atoms with Crippen molar-refractivity contribution in [2.24, 2.45) is 0 Å². The van der Waals surface area contributed by atoms with Crippen molar-refractivity contribution >= 4 is 29.0 Å². The van der Waals surface area contributed by atoms with Gasteiger partial charge in [-0.3, -0.25) is 4.79 Å². The fraction of sp³-hybridized carbons (Fsp3) is 0.417. The third-order valence-corrected chi connectivity index (χ3v) is 2.77. The molecule has 1 atom stereocenters. The predicted octanol–water partition coefficient (Wildman–Crippen LogP) is 3.23. The van der Waals surface area contributed by atoms with Crippen LogP contribution < -0.4 is 0 Å². The van der Waals surface area contributed by atoms with Gasteiger partial charge in [0.05, 0.1) is 18.2 Å². The van der Waals surface area contributed by atoms with Gasteiger partial charge in [-0.05, 0) is 25.1 Å². The van der Waals surface area contributed by atoms with Crippen molar-refractivity contribution in [2.45, 2.75) is 13.0 Å². The molecule has 0 aromatic heterocycles. The van der Waals surface area contributed by atoms with E-state index in [2.05, 4.69) is 0 Å². The molecule has 0 radical (unpaired) electrons. The summed E-state index contributed by atoms with van der Waals surface area (Å²) in [5, 5.41) is 0.837. The number of hydrogen-bond acceptors (Lipinski definition) is 3. The van der Waals surface area contributed by atoms with Crippen molar-refractivity contribution in [3.8, 4) is 0 Å². The van der Waals surface area contributed by atoms with Crippen molar-refractivity contribution in [1.29, 1.82) is 0 Å². The van der Waals surface area contributed by atoms with Crippen molar-refractivity contribution in [2.75, 3.05) is 20.3 Å². The predicted molar refractivity (Wildman–Crippen MR) is 68.1 cm³/mol. The molecule has 5 heteroatoms. The van der Waals surface area contributed by atoms with E-state index in [4.69, 9.17) is 32.7 Å². The van der Waals surface area contributed by atoms with Gasteiger partial charge < -0.3 is 9.47 Å². The Morgan fingerprint density at radius 1 is 1.35 bits per heavy atom. The lowest BCUT2D eigenvalue weighted by molar-refractivity contribution is 0.0256. The minimum absolute atomic E-state index is 0.164. The molecule has 0 heterocycles. The molecule has 0 spiro atoms. The number of methoxy groups -OCH3 is 1. The summed E-state index contributed by atoms with van der Waals surface area (Å²) in [5.41, 5.74) is 0.418. The Labute approximate surface area is 111 Å². The summed E-state index contributed by atoms with van der Waals surface area (Å²) in [6.45, 7) is 2.50. The first-order chi connectivity index (χ1) is 8.06. The fourth-order valence-electron chi connectivity index (χ4n) is 1.29. The molecule has 0 aliphatic rings. The normalized spacial score (nSPS) is 12.5. The van der Waals surface area contributed by atoms with E-state index in [9.17, 15) is 4.79 Å². The highest BCUT2D eigenvalue weighted by Gasteiger charge is 2.18. The third kappa shape index (κ3) is 4.28. The van der Waals surface area contributed by atoms with E-state index in [1.807, 2.05) is 0 Å². The minimum atomic E-state index is -0.552. The lowest BCUT2D eigenvalue weighted by Gasteiger charge is -2.12. The quantitative estimate of drug-likeness (QED) is 0.591. The number of rotatable bonds is 6. The van der Waals surface area contributed by atoms with Gasteiger partial charge in [-0.1, -0.05) is 23.2 Å². The standard InChI is InChI=1S/C12H14Cl2O3/c1-8(17-6-5-16-2)12(15)10-4-3-9(13)7-11(10)14/h3-4,7-8H,5-6H2,1-2H3. The maximum atomic E-state index is 12.0. The second kappa shape index (κ2) is 6.97. The van der Waals surface area contributed by atoms with E-state index in [-0.39, 0.29) is 5.78 Å². The number of halogens is 2. The molecule has 0 saturated carbocycles. The SMILES string of the molecule is COCCOC(C)C(=O)c1ccc(Cl)cc1Cl. The second-order valence-corrected chi connectivity index (χ2v) is 4.34. The van der Waals surface area contributed by atoms with Gasteiger partial charge in [0, 0.05) is 17.7 Å². The molecule has 1 rings (SSSR count). The van der Waals surface area contributed by atoms with Crippen molar-refractivity contribution < 1.29 is 14.3 Å². The first kappa shape index (κ1) is 14.5. The van der Waals surface area contributed by atoms with Crippen LogP contribution in [0.1, 0.15) is 17.3 Å². The Balaban J connectivity index is 2.68. The summed E-state index contributed by atoms with van der Waals surface area (Å²) < 4.78 is 10.2. The number of hydrogen-bond donors (Lipinski definition) is 0. The highest BCUT2D eigenvalue weighted by atomic mass is 35.5. The van der Waals surface area contributed by atoms with Gasteiger partial charge in [0.1, 0.15) is 6.10 Å². The average molecular weight is 277 g/mol. The minimum Gasteiger partial charge on any atom is -0.382 e. The fourth-order valence-corrected chi connectivity index (χ4v) is 1.79. The van der Waals surface area contributed by atoms with E-state index in [0.717, 1.165) is 0 Å². The molecule has 0 fully saturated rings. The summed E-state index contributed by atoms with van der Waals surface area (Å²) in [7, 11) is 1.58. The molecule has 1 unspecified atom stereocenters. The molecule has 1 aromatic rings. The maximum absolute atomic E-state index is 12.0. The molecule has 94 valence electrons. The Morgan fingerprint density at radius 3 is 2.65 bits per heavy atom. The van der Waals surface area contributed by atoms with Crippen LogP contribution in [0, 0.1) is 0 Å². The zero-order valence-electron chi connectivity index (χ0n) is 9.70. The molecule has 17 heavy (non-hydrogen) atoms. The average Bonchev–Trinajstić information content (AvgIpc) is 2.28. The molecule has 0 bridgehead atoms. The van der Waals surface area contributed by atoms with Gasteiger partial charge in [-0.2, -0.15) is 0 Å². The lowest BCUT2D eigenvalue weighted by Crippen LogP contribution is -2.23. The number of carbonyl (C=O) groups is 1. The van der Waals surface area contributed by atoms with Crippen LogP contribution in [0.3, 0.4) is 0 Å².